The molecule has 1 fully saturated rings. The summed E-state index contributed by atoms with van der Waals surface area (Å²) in [6, 6.07) is 2.41. The summed E-state index contributed by atoms with van der Waals surface area (Å²) in [5.74, 6) is 0.554. The van der Waals surface area contributed by atoms with Gasteiger partial charge < -0.3 is 15.5 Å². The lowest BCUT2D eigenvalue weighted by Crippen LogP contribution is -2.39. The molecular weight excluding hydrogens is 214 g/mol. The fraction of sp³-hybridized carbons (Fsp3) is 0.615. The van der Waals surface area contributed by atoms with Gasteiger partial charge in [-0.15, -0.1) is 0 Å². The first-order valence-corrected chi connectivity index (χ1v) is 6.42. The Hall–Kier alpha value is -1.45. The molecule has 17 heavy (non-hydrogen) atoms. The Bertz CT molecular complexity index is 338. The van der Waals surface area contributed by atoms with Crippen LogP contribution in [0.4, 0.5) is 0 Å². The number of nitrogens with one attached hydrogen (secondary N) is 1. The van der Waals surface area contributed by atoms with E-state index < -0.39 is 0 Å². The average molecular weight is 235 g/mol. The first-order chi connectivity index (χ1) is 8.34. The third kappa shape index (κ3) is 4.13. The molecule has 1 aliphatic carbocycles. The van der Waals surface area contributed by atoms with E-state index in [4.69, 9.17) is 10.2 Å². The fourth-order valence-corrected chi connectivity index (χ4v) is 2.24. The summed E-state index contributed by atoms with van der Waals surface area (Å²) in [6.07, 6.45) is 11.1. The number of guanidine groups is 1. The molecule has 0 radical (unpaired) electrons. The molecule has 1 aromatic heterocycles. The lowest BCUT2D eigenvalue weighted by Gasteiger charge is -2.16. The minimum atomic E-state index is 0.505. The SMILES string of the molecule is NC(=NCc1ccoc1)NC1CCCCCC1. The molecule has 0 aliphatic heterocycles. The summed E-state index contributed by atoms with van der Waals surface area (Å²) in [6.45, 7) is 0.585. The van der Waals surface area contributed by atoms with E-state index >= 15 is 0 Å². The van der Waals surface area contributed by atoms with Crippen LogP contribution in [0.5, 0.6) is 0 Å². The fourth-order valence-electron chi connectivity index (χ4n) is 2.24. The predicted octanol–water partition coefficient (Wildman–Crippen LogP) is 2.41. The Morgan fingerprint density at radius 1 is 1.35 bits per heavy atom. The van der Waals surface area contributed by atoms with Crippen molar-refractivity contribution in [2.24, 2.45) is 10.7 Å². The summed E-state index contributed by atoms with van der Waals surface area (Å²) in [4.78, 5) is 4.31. The second-order valence-electron chi connectivity index (χ2n) is 4.67. The molecule has 0 atom stereocenters. The quantitative estimate of drug-likeness (QED) is 0.480. The second kappa shape index (κ2) is 6.33. The van der Waals surface area contributed by atoms with E-state index in [1.165, 1.54) is 38.5 Å². The van der Waals surface area contributed by atoms with Crippen molar-refractivity contribution in [1.82, 2.24) is 5.32 Å². The van der Waals surface area contributed by atoms with Gasteiger partial charge in [-0.1, -0.05) is 25.7 Å². The van der Waals surface area contributed by atoms with Crippen LogP contribution in [0.2, 0.25) is 0 Å². The second-order valence-corrected chi connectivity index (χ2v) is 4.67. The van der Waals surface area contributed by atoms with Crippen LogP contribution in [0.15, 0.2) is 28.0 Å². The van der Waals surface area contributed by atoms with Gasteiger partial charge in [-0.05, 0) is 18.9 Å². The van der Waals surface area contributed by atoms with Crippen LogP contribution in [0.1, 0.15) is 44.1 Å². The third-order valence-electron chi connectivity index (χ3n) is 3.22. The van der Waals surface area contributed by atoms with Crippen LogP contribution in [-0.2, 0) is 6.54 Å². The average Bonchev–Trinajstić information content (AvgIpc) is 2.72. The summed E-state index contributed by atoms with van der Waals surface area (Å²) in [7, 11) is 0. The molecule has 1 saturated carbocycles. The summed E-state index contributed by atoms with van der Waals surface area (Å²) < 4.78 is 4.98. The van der Waals surface area contributed by atoms with Gasteiger partial charge >= 0.3 is 0 Å². The number of nitrogens with zero attached hydrogens (tertiary/aromatic N) is 1. The first-order valence-electron chi connectivity index (χ1n) is 6.42. The van der Waals surface area contributed by atoms with Crippen molar-refractivity contribution in [2.45, 2.75) is 51.1 Å². The Kier molecular flexibility index (Phi) is 4.47. The number of aliphatic imine (C=N–C) groups is 1. The highest BCUT2D eigenvalue weighted by atomic mass is 16.3. The molecule has 4 nitrogen and oxygen atoms in total. The zero-order valence-corrected chi connectivity index (χ0v) is 10.2. The lowest BCUT2D eigenvalue weighted by molar-refractivity contribution is 0.530. The number of furan rings is 1. The van der Waals surface area contributed by atoms with Gasteiger partial charge in [0, 0.05) is 11.6 Å². The maximum absolute atomic E-state index is 5.88. The van der Waals surface area contributed by atoms with E-state index in [2.05, 4.69) is 10.3 Å². The normalized spacial score (nSPS) is 18.9. The molecule has 4 heteroatoms. The van der Waals surface area contributed by atoms with Crippen molar-refractivity contribution < 1.29 is 4.42 Å². The zero-order valence-electron chi connectivity index (χ0n) is 10.2. The molecule has 1 aliphatic rings. The van der Waals surface area contributed by atoms with E-state index in [9.17, 15) is 0 Å². The van der Waals surface area contributed by atoms with Crippen molar-refractivity contribution in [2.75, 3.05) is 0 Å². The molecular formula is C13H21N3O. The van der Waals surface area contributed by atoms with E-state index in [1.54, 1.807) is 12.5 Å². The molecule has 0 bridgehead atoms. The first kappa shape index (κ1) is 12.0. The molecule has 3 N–H and O–H groups in total. The molecule has 1 aromatic rings. The van der Waals surface area contributed by atoms with Crippen LogP contribution >= 0.6 is 0 Å². The van der Waals surface area contributed by atoms with Crippen molar-refractivity contribution in [3.8, 4) is 0 Å². The monoisotopic (exact) mass is 235 g/mol. The molecule has 0 unspecified atom stereocenters. The molecule has 0 spiro atoms. The van der Waals surface area contributed by atoms with Gasteiger partial charge in [0.05, 0.1) is 19.1 Å². The number of rotatable bonds is 3. The summed E-state index contributed by atoms with van der Waals surface area (Å²) >= 11 is 0. The van der Waals surface area contributed by atoms with Crippen molar-refractivity contribution in [1.29, 1.82) is 0 Å². The molecule has 0 saturated heterocycles. The number of nitrogens with two attached hydrogens (primary N) is 1. The van der Waals surface area contributed by atoms with Crippen molar-refractivity contribution in [3.05, 3.63) is 24.2 Å². The molecule has 0 amide bonds. The highest BCUT2D eigenvalue weighted by Gasteiger charge is 2.12. The zero-order chi connectivity index (χ0) is 11.9. The highest BCUT2D eigenvalue weighted by molar-refractivity contribution is 5.78. The molecule has 0 aromatic carbocycles. The van der Waals surface area contributed by atoms with E-state index in [0.717, 1.165) is 5.56 Å². The van der Waals surface area contributed by atoms with Gasteiger partial charge in [0.2, 0.25) is 0 Å². The predicted molar refractivity (Wildman–Crippen MR) is 68.7 cm³/mol. The summed E-state index contributed by atoms with van der Waals surface area (Å²) in [5.41, 5.74) is 6.93. The summed E-state index contributed by atoms with van der Waals surface area (Å²) in [5, 5.41) is 3.32. The van der Waals surface area contributed by atoms with Crippen LogP contribution in [0.25, 0.3) is 0 Å². The highest BCUT2D eigenvalue weighted by Crippen LogP contribution is 2.16. The minimum absolute atomic E-state index is 0.505. The number of hydrogen-bond donors (Lipinski definition) is 2. The molecule has 1 heterocycles. The largest absolute Gasteiger partial charge is 0.472 e. The smallest absolute Gasteiger partial charge is 0.189 e. The topological polar surface area (TPSA) is 63.5 Å². The molecule has 2 rings (SSSR count). The van der Waals surface area contributed by atoms with Gasteiger partial charge in [-0.25, -0.2) is 4.99 Å². The van der Waals surface area contributed by atoms with E-state index in [1.807, 2.05) is 6.07 Å². The van der Waals surface area contributed by atoms with Crippen LogP contribution in [-0.4, -0.2) is 12.0 Å². The van der Waals surface area contributed by atoms with Crippen LogP contribution < -0.4 is 11.1 Å². The number of hydrogen-bond acceptors (Lipinski definition) is 2. The van der Waals surface area contributed by atoms with E-state index in [0.29, 0.717) is 18.5 Å². The Balaban J connectivity index is 1.78. The van der Waals surface area contributed by atoms with Crippen molar-refractivity contribution >= 4 is 5.96 Å². The van der Waals surface area contributed by atoms with Gasteiger partial charge in [0.1, 0.15) is 0 Å². The maximum atomic E-state index is 5.88. The van der Waals surface area contributed by atoms with Crippen LogP contribution in [0, 0.1) is 0 Å². The van der Waals surface area contributed by atoms with Gasteiger partial charge in [-0.3, -0.25) is 0 Å². The van der Waals surface area contributed by atoms with Gasteiger partial charge in [0.25, 0.3) is 0 Å². The van der Waals surface area contributed by atoms with Gasteiger partial charge in [0.15, 0.2) is 5.96 Å². The van der Waals surface area contributed by atoms with Gasteiger partial charge in [-0.2, -0.15) is 0 Å². The van der Waals surface area contributed by atoms with E-state index in [-0.39, 0.29) is 0 Å². The lowest BCUT2D eigenvalue weighted by atomic mass is 10.1. The minimum Gasteiger partial charge on any atom is -0.472 e. The van der Waals surface area contributed by atoms with Crippen molar-refractivity contribution in [3.63, 3.8) is 0 Å². The Morgan fingerprint density at radius 3 is 2.76 bits per heavy atom. The molecule has 94 valence electrons. The third-order valence-corrected chi connectivity index (χ3v) is 3.22. The Labute approximate surface area is 102 Å². The standard InChI is InChI=1S/C13H21N3O/c14-13(15-9-11-7-8-17-10-11)16-12-5-3-1-2-4-6-12/h7-8,10,12H,1-6,9H2,(H3,14,15,16). The Morgan fingerprint density at radius 2 is 2.12 bits per heavy atom. The van der Waals surface area contributed by atoms with Crippen LogP contribution in [0.3, 0.4) is 0 Å². The maximum Gasteiger partial charge on any atom is 0.189 e.